The third-order valence-electron chi connectivity index (χ3n) is 3.09. The van der Waals surface area contributed by atoms with Crippen LogP contribution < -0.4 is 5.32 Å². The van der Waals surface area contributed by atoms with Gasteiger partial charge < -0.3 is 10.4 Å². The molecule has 2 N–H and O–H groups in total. The summed E-state index contributed by atoms with van der Waals surface area (Å²) in [5.41, 5.74) is 0.960. The third-order valence-corrected chi connectivity index (χ3v) is 3.56. The van der Waals surface area contributed by atoms with Crippen LogP contribution in [0.2, 0.25) is 0 Å². The Morgan fingerprint density at radius 1 is 1.56 bits per heavy atom. The van der Waals surface area contributed by atoms with Crippen LogP contribution in [0.15, 0.2) is 22.8 Å². The topological polar surface area (TPSA) is 45.2 Å². The molecule has 3 nitrogen and oxygen atoms in total. The number of hydrogen-bond acceptors (Lipinski definition) is 3. The monoisotopic (exact) mass is 284 g/mol. The van der Waals surface area contributed by atoms with Crippen molar-refractivity contribution in [3.63, 3.8) is 0 Å². The Balaban J connectivity index is 1.90. The first kappa shape index (κ1) is 12.0. The molecule has 2 heterocycles. The van der Waals surface area contributed by atoms with E-state index in [1.54, 1.807) is 6.20 Å². The van der Waals surface area contributed by atoms with Crippen molar-refractivity contribution in [1.82, 2.24) is 10.3 Å². The maximum atomic E-state index is 10.1. The van der Waals surface area contributed by atoms with Gasteiger partial charge in [0.1, 0.15) is 0 Å². The van der Waals surface area contributed by atoms with Gasteiger partial charge in [0.25, 0.3) is 0 Å². The second-order valence-corrected chi connectivity index (χ2v) is 5.26. The largest absolute Gasteiger partial charge is 0.392 e. The van der Waals surface area contributed by atoms with E-state index in [0.29, 0.717) is 12.3 Å². The number of aromatic nitrogens is 1. The maximum Gasteiger partial charge on any atom is 0.0635 e. The smallest absolute Gasteiger partial charge is 0.0635 e. The van der Waals surface area contributed by atoms with Crippen LogP contribution in [0.4, 0.5) is 0 Å². The molecule has 88 valence electrons. The van der Waals surface area contributed by atoms with E-state index in [0.717, 1.165) is 36.1 Å². The van der Waals surface area contributed by atoms with Crippen LogP contribution in [0.1, 0.15) is 18.5 Å². The van der Waals surface area contributed by atoms with Gasteiger partial charge >= 0.3 is 0 Å². The van der Waals surface area contributed by atoms with Gasteiger partial charge in [-0.05, 0) is 53.4 Å². The molecule has 0 amide bonds. The van der Waals surface area contributed by atoms with Crippen LogP contribution in [-0.2, 0) is 6.42 Å². The van der Waals surface area contributed by atoms with E-state index in [2.05, 4.69) is 26.2 Å². The van der Waals surface area contributed by atoms with Gasteiger partial charge in [-0.25, -0.2) is 0 Å². The highest BCUT2D eigenvalue weighted by Crippen LogP contribution is 2.18. The number of rotatable bonds is 3. The van der Waals surface area contributed by atoms with E-state index < -0.39 is 0 Å². The maximum absolute atomic E-state index is 10.1. The van der Waals surface area contributed by atoms with E-state index in [1.807, 2.05) is 12.1 Å². The number of nitrogens with one attached hydrogen (secondary N) is 1. The minimum atomic E-state index is -0.276. The molecule has 2 unspecified atom stereocenters. The van der Waals surface area contributed by atoms with Gasteiger partial charge in [0.05, 0.1) is 6.10 Å². The first-order chi connectivity index (χ1) is 7.75. The molecule has 2 rings (SSSR count). The zero-order chi connectivity index (χ0) is 11.4. The molecule has 1 aliphatic rings. The van der Waals surface area contributed by atoms with E-state index in [-0.39, 0.29) is 6.10 Å². The Morgan fingerprint density at radius 2 is 2.44 bits per heavy atom. The van der Waals surface area contributed by atoms with Crippen molar-refractivity contribution in [2.24, 2.45) is 5.92 Å². The van der Waals surface area contributed by atoms with Crippen molar-refractivity contribution in [2.75, 3.05) is 13.1 Å². The minimum absolute atomic E-state index is 0.276. The predicted molar refractivity (Wildman–Crippen MR) is 67.2 cm³/mol. The summed E-state index contributed by atoms with van der Waals surface area (Å²) >= 11 is 3.35. The van der Waals surface area contributed by atoms with Crippen molar-refractivity contribution in [1.29, 1.82) is 0 Å². The molecule has 1 aromatic rings. The van der Waals surface area contributed by atoms with Crippen LogP contribution >= 0.6 is 15.9 Å². The molecule has 0 aliphatic carbocycles. The number of piperidine rings is 1. The molecule has 0 bridgehead atoms. The molecule has 0 spiro atoms. The molecule has 0 aromatic carbocycles. The first-order valence-corrected chi connectivity index (χ1v) is 6.54. The Hall–Kier alpha value is -0.450. The van der Waals surface area contributed by atoms with Crippen molar-refractivity contribution >= 4 is 15.9 Å². The summed E-state index contributed by atoms with van der Waals surface area (Å²) in [5, 5.41) is 13.4. The van der Waals surface area contributed by atoms with E-state index >= 15 is 0 Å². The first-order valence-electron chi connectivity index (χ1n) is 5.75. The summed E-state index contributed by atoms with van der Waals surface area (Å²) in [6, 6.07) is 3.93. The summed E-state index contributed by atoms with van der Waals surface area (Å²) in [6.45, 7) is 2.01. The van der Waals surface area contributed by atoms with Gasteiger partial charge in [0.15, 0.2) is 0 Å². The van der Waals surface area contributed by atoms with Crippen molar-refractivity contribution in [3.05, 3.63) is 28.5 Å². The lowest BCUT2D eigenvalue weighted by Crippen LogP contribution is -2.37. The zero-order valence-electron chi connectivity index (χ0n) is 9.19. The molecule has 16 heavy (non-hydrogen) atoms. The zero-order valence-corrected chi connectivity index (χ0v) is 10.8. The summed E-state index contributed by atoms with van der Waals surface area (Å²) in [7, 11) is 0. The van der Waals surface area contributed by atoms with E-state index in [9.17, 15) is 5.11 Å². The Labute approximate surface area is 104 Å². The number of aliphatic hydroxyl groups excluding tert-OH is 1. The van der Waals surface area contributed by atoms with Gasteiger partial charge in [0, 0.05) is 29.3 Å². The average Bonchev–Trinajstić information content (AvgIpc) is 2.33. The minimum Gasteiger partial charge on any atom is -0.392 e. The van der Waals surface area contributed by atoms with Gasteiger partial charge in [-0.3, -0.25) is 4.98 Å². The lowest BCUT2D eigenvalue weighted by Gasteiger charge is -2.27. The molecular weight excluding hydrogens is 268 g/mol. The van der Waals surface area contributed by atoms with Gasteiger partial charge in [-0.2, -0.15) is 0 Å². The summed E-state index contributed by atoms with van der Waals surface area (Å²) < 4.78 is 0.977. The van der Waals surface area contributed by atoms with Crippen LogP contribution in [0.5, 0.6) is 0 Å². The highest BCUT2D eigenvalue weighted by atomic mass is 79.9. The Morgan fingerprint density at radius 3 is 3.06 bits per heavy atom. The van der Waals surface area contributed by atoms with Crippen molar-refractivity contribution in [3.8, 4) is 0 Å². The summed E-state index contributed by atoms with van der Waals surface area (Å²) in [4.78, 5) is 4.29. The third kappa shape index (κ3) is 3.27. The molecule has 1 saturated heterocycles. The fourth-order valence-electron chi connectivity index (χ4n) is 2.12. The molecule has 1 aromatic heterocycles. The molecular formula is C12H17BrN2O. The lowest BCUT2D eigenvalue weighted by atomic mass is 9.91. The molecule has 4 heteroatoms. The molecule has 2 atom stereocenters. The van der Waals surface area contributed by atoms with Gasteiger partial charge in [0.2, 0.25) is 0 Å². The molecule has 1 aliphatic heterocycles. The van der Waals surface area contributed by atoms with Gasteiger partial charge in [-0.15, -0.1) is 0 Å². The van der Waals surface area contributed by atoms with E-state index in [1.165, 1.54) is 0 Å². The Bertz CT molecular complexity index is 322. The standard InChI is InChI=1S/C12H17BrN2O/c13-10-3-4-11(15-8-10)6-12(16)9-2-1-5-14-7-9/h3-4,8-9,12,14,16H,1-2,5-7H2. The van der Waals surface area contributed by atoms with Crippen LogP contribution in [0, 0.1) is 5.92 Å². The quantitative estimate of drug-likeness (QED) is 0.889. The summed E-state index contributed by atoms with van der Waals surface area (Å²) in [6.07, 6.45) is 4.43. The fourth-order valence-corrected chi connectivity index (χ4v) is 2.35. The van der Waals surface area contributed by atoms with Gasteiger partial charge in [-0.1, -0.05) is 0 Å². The summed E-state index contributed by atoms with van der Waals surface area (Å²) in [5.74, 6) is 0.374. The second kappa shape index (κ2) is 5.75. The molecule has 0 saturated carbocycles. The predicted octanol–water partition coefficient (Wildman–Crippen LogP) is 1.75. The highest BCUT2D eigenvalue weighted by molar-refractivity contribution is 9.10. The highest BCUT2D eigenvalue weighted by Gasteiger charge is 2.21. The van der Waals surface area contributed by atoms with Crippen LogP contribution in [0.25, 0.3) is 0 Å². The average molecular weight is 285 g/mol. The number of pyridine rings is 1. The van der Waals surface area contributed by atoms with Crippen molar-refractivity contribution in [2.45, 2.75) is 25.4 Å². The fraction of sp³-hybridized carbons (Fsp3) is 0.583. The number of nitrogens with zero attached hydrogens (tertiary/aromatic N) is 1. The van der Waals surface area contributed by atoms with Crippen LogP contribution in [0.3, 0.4) is 0 Å². The SMILES string of the molecule is OC(Cc1ccc(Br)cn1)C1CCCNC1. The second-order valence-electron chi connectivity index (χ2n) is 4.35. The molecule has 1 fully saturated rings. The number of halogens is 1. The van der Waals surface area contributed by atoms with Crippen molar-refractivity contribution < 1.29 is 5.11 Å². The normalized spacial score (nSPS) is 23.0. The molecule has 0 radical (unpaired) electrons. The Kier molecular flexibility index (Phi) is 4.32. The van der Waals surface area contributed by atoms with E-state index in [4.69, 9.17) is 0 Å². The lowest BCUT2D eigenvalue weighted by molar-refractivity contribution is 0.0913. The number of aliphatic hydroxyl groups is 1. The number of hydrogen-bond donors (Lipinski definition) is 2. The van der Waals surface area contributed by atoms with Crippen LogP contribution in [-0.4, -0.2) is 29.3 Å².